The van der Waals surface area contributed by atoms with Crippen LogP contribution < -0.4 is 11.5 Å². The molecule has 0 spiro atoms. The quantitative estimate of drug-likeness (QED) is 0.848. The van der Waals surface area contributed by atoms with Crippen LogP contribution in [0.1, 0.15) is 25.0 Å². The molecule has 4 atom stereocenters. The van der Waals surface area contributed by atoms with Gasteiger partial charge in [-0.25, -0.2) is 0 Å². The fourth-order valence-electron chi connectivity index (χ4n) is 3.48. The van der Waals surface area contributed by atoms with E-state index in [-0.39, 0.29) is 24.3 Å². The average Bonchev–Trinajstić information content (AvgIpc) is 2.93. The summed E-state index contributed by atoms with van der Waals surface area (Å²) in [6, 6.07) is 20.1. The van der Waals surface area contributed by atoms with Crippen LogP contribution >= 0.6 is 0 Å². The molecule has 25 heavy (non-hydrogen) atoms. The first-order chi connectivity index (χ1) is 11.9. The predicted molar refractivity (Wildman–Crippen MR) is 100 cm³/mol. The first-order valence-electron chi connectivity index (χ1n) is 8.89. The van der Waals surface area contributed by atoms with Gasteiger partial charge in [-0.2, -0.15) is 0 Å². The monoisotopic (exact) mass is 340 g/mol. The van der Waals surface area contributed by atoms with Crippen LogP contribution in [0.25, 0.3) is 0 Å². The fourth-order valence-corrected chi connectivity index (χ4v) is 3.48. The molecule has 134 valence electrons. The maximum Gasteiger partial charge on any atom is 0.163 e. The Morgan fingerprint density at radius 2 is 1.12 bits per heavy atom. The van der Waals surface area contributed by atoms with Gasteiger partial charge in [0, 0.05) is 12.1 Å². The smallest absolute Gasteiger partial charge is 0.163 e. The minimum Gasteiger partial charge on any atom is -0.343 e. The van der Waals surface area contributed by atoms with Crippen molar-refractivity contribution in [3.63, 3.8) is 0 Å². The van der Waals surface area contributed by atoms with E-state index in [9.17, 15) is 0 Å². The highest BCUT2D eigenvalue weighted by molar-refractivity contribution is 5.18. The SMILES string of the molecule is CC1(C)O[C@@H]([C@H](N)Cc2ccccc2)[C@H]([C@@H](N)Cc2ccccc2)O1. The van der Waals surface area contributed by atoms with Crippen molar-refractivity contribution in [3.8, 4) is 0 Å². The van der Waals surface area contributed by atoms with Gasteiger partial charge >= 0.3 is 0 Å². The summed E-state index contributed by atoms with van der Waals surface area (Å²) >= 11 is 0. The molecule has 0 unspecified atom stereocenters. The maximum absolute atomic E-state index is 6.49. The van der Waals surface area contributed by atoms with E-state index in [1.165, 1.54) is 11.1 Å². The number of nitrogens with two attached hydrogens (primary N) is 2. The first-order valence-corrected chi connectivity index (χ1v) is 8.89. The summed E-state index contributed by atoms with van der Waals surface area (Å²) in [5, 5.41) is 0. The Labute approximate surface area is 150 Å². The lowest BCUT2D eigenvalue weighted by Crippen LogP contribution is -2.51. The van der Waals surface area contributed by atoms with E-state index in [2.05, 4.69) is 24.3 Å². The van der Waals surface area contributed by atoms with Crippen molar-refractivity contribution in [2.24, 2.45) is 11.5 Å². The molecule has 4 nitrogen and oxygen atoms in total. The normalized spacial score (nSPS) is 24.8. The molecule has 2 aromatic carbocycles. The van der Waals surface area contributed by atoms with Gasteiger partial charge in [-0.05, 0) is 37.8 Å². The third-order valence-corrected chi connectivity index (χ3v) is 4.64. The third-order valence-electron chi connectivity index (χ3n) is 4.64. The van der Waals surface area contributed by atoms with Gasteiger partial charge in [-0.15, -0.1) is 0 Å². The molecule has 0 amide bonds. The summed E-state index contributed by atoms with van der Waals surface area (Å²) in [7, 11) is 0. The van der Waals surface area contributed by atoms with Crippen LogP contribution in [0.3, 0.4) is 0 Å². The van der Waals surface area contributed by atoms with E-state index < -0.39 is 5.79 Å². The second-order valence-electron chi connectivity index (χ2n) is 7.27. The van der Waals surface area contributed by atoms with Crippen LogP contribution in [0, 0.1) is 0 Å². The Morgan fingerprint density at radius 1 is 0.760 bits per heavy atom. The van der Waals surface area contributed by atoms with Crippen molar-refractivity contribution in [3.05, 3.63) is 71.8 Å². The van der Waals surface area contributed by atoms with E-state index in [0.29, 0.717) is 0 Å². The van der Waals surface area contributed by atoms with Crippen LogP contribution in [0.5, 0.6) is 0 Å². The highest BCUT2D eigenvalue weighted by Gasteiger charge is 2.46. The summed E-state index contributed by atoms with van der Waals surface area (Å²) < 4.78 is 12.3. The van der Waals surface area contributed by atoms with Crippen molar-refractivity contribution in [1.29, 1.82) is 0 Å². The van der Waals surface area contributed by atoms with Gasteiger partial charge < -0.3 is 20.9 Å². The van der Waals surface area contributed by atoms with Gasteiger partial charge in [0.15, 0.2) is 5.79 Å². The minimum absolute atomic E-state index is 0.170. The molecule has 1 aliphatic rings. The zero-order chi connectivity index (χ0) is 17.9. The molecule has 4 N–H and O–H groups in total. The van der Waals surface area contributed by atoms with E-state index >= 15 is 0 Å². The lowest BCUT2D eigenvalue weighted by atomic mass is 9.92. The Morgan fingerprint density at radius 3 is 1.48 bits per heavy atom. The minimum atomic E-state index is -0.669. The Bertz CT molecular complexity index is 603. The van der Waals surface area contributed by atoms with Crippen molar-refractivity contribution in [1.82, 2.24) is 0 Å². The first kappa shape index (κ1) is 18.1. The van der Waals surface area contributed by atoms with Crippen molar-refractivity contribution in [2.45, 2.75) is 56.8 Å². The van der Waals surface area contributed by atoms with Crippen LogP contribution in [0.4, 0.5) is 0 Å². The number of rotatable bonds is 6. The van der Waals surface area contributed by atoms with Gasteiger partial charge in [0.1, 0.15) is 12.2 Å². The van der Waals surface area contributed by atoms with E-state index in [4.69, 9.17) is 20.9 Å². The Kier molecular flexibility index (Phi) is 5.54. The molecule has 2 aromatic rings. The largest absolute Gasteiger partial charge is 0.343 e. The van der Waals surface area contributed by atoms with Crippen LogP contribution in [-0.2, 0) is 22.3 Å². The zero-order valence-electron chi connectivity index (χ0n) is 15.0. The van der Waals surface area contributed by atoms with Crippen molar-refractivity contribution >= 4 is 0 Å². The van der Waals surface area contributed by atoms with E-state index in [1.807, 2.05) is 50.2 Å². The summed E-state index contributed by atoms with van der Waals surface area (Å²) in [5.74, 6) is -0.669. The predicted octanol–water partition coefficient (Wildman–Crippen LogP) is 2.65. The number of benzene rings is 2. The lowest BCUT2D eigenvalue weighted by Gasteiger charge is -2.27. The molecule has 3 rings (SSSR count). The second-order valence-corrected chi connectivity index (χ2v) is 7.27. The summed E-state index contributed by atoms with van der Waals surface area (Å²) in [5.41, 5.74) is 15.4. The Hall–Kier alpha value is -1.72. The number of hydrogen-bond acceptors (Lipinski definition) is 4. The third kappa shape index (κ3) is 4.67. The standard InChI is InChI=1S/C21H28N2O2/c1-21(2)24-19(17(22)13-15-9-5-3-6-10-15)20(25-21)18(23)14-16-11-7-4-8-12-16/h3-12,17-20H,13-14,22-23H2,1-2H3/t17-,18+,19-,20-/m0/s1. The van der Waals surface area contributed by atoms with Crippen LogP contribution in [0.15, 0.2) is 60.7 Å². The molecule has 0 radical (unpaired) electrons. The molecule has 0 aliphatic carbocycles. The molecule has 1 heterocycles. The molecule has 1 fully saturated rings. The van der Waals surface area contributed by atoms with E-state index in [0.717, 1.165) is 12.8 Å². The van der Waals surface area contributed by atoms with Crippen LogP contribution in [-0.4, -0.2) is 30.1 Å². The molecule has 1 aliphatic heterocycles. The Balaban J connectivity index is 1.71. The molecule has 0 bridgehead atoms. The molecular weight excluding hydrogens is 312 g/mol. The van der Waals surface area contributed by atoms with E-state index in [1.54, 1.807) is 0 Å². The average molecular weight is 340 g/mol. The molecule has 0 saturated carbocycles. The van der Waals surface area contributed by atoms with Gasteiger partial charge in [0.2, 0.25) is 0 Å². The summed E-state index contributed by atoms with van der Waals surface area (Å²) in [6.45, 7) is 3.84. The number of ether oxygens (including phenoxy) is 2. The van der Waals surface area contributed by atoms with Gasteiger partial charge in [0.25, 0.3) is 0 Å². The maximum atomic E-state index is 6.49. The van der Waals surface area contributed by atoms with Crippen LogP contribution in [0.2, 0.25) is 0 Å². The second kappa shape index (κ2) is 7.67. The topological polar surface area (TPSA) is 70.5 Å². The molecule has 0 aromatic heterocycles. The highest BCUT2D eigenvalue weighted by atomic mass is 16.8. The highest BCUT2D eigenvalue weighted by Crippen LogP contribution is 2.32. The van der Waals surface area contributed by atoms with Crippen molar-refractivity contribution in [2.75, 3.05) is 0 Å². The fraction of sp³-hybridized carbons (Fsp3) is 0.429. The summed E-state index contributed by atoms with van der Waals surface area (Å²) in [4.78, 5) is 0. The molecule has 1 saturated heterocycles. The van der Waals surface area contributed by atoms with Gasteiger partial charge in [-0.3, -0.25) is 0 Å². The van der Waals surface area contributed by atoms with Gasteiger partial charge in [0.05, 0.1) is 0 Å². The number of hydrogen-bond donors (Lipinski definition) is 2. The van der Waals surface area contributed by atoms with Gasteiger partial charge in [-0.1, -0.05) is 60.7 Å². The zero-order valence-corrected chi connectivity index (χ0v) is 15.0. The molecule has 4 heteroatoms. The summed E-state index contributed by atoms with van der Waals surface area (Å²) in [6.07, 6.45) is 1.02. The molecular formula is C21H28N2O2. The van der Waals surface area contributed by atoms with Crippen molar-refractivity contribution < 1.29 is 9.47 Å². The lowest BCUT2D eigenvalue weighted by molar-refractivity contribution is -0.149.